The van der Waals surface area contributed by atoms with Crippen LogP contribution in [0.1, 0.15) is 30.0 Å². The van der Waals surface area contributed by atoms with Crippen LogP contribution in [0.25, 0.3) is 11.0 Å². The predicted octanol–water partition coefficient (Wildman–Crippen LogP) is 1.44. The van der Waals surface area contributed by atoms with Crippen LogP contribution in [0.4, 0.5) is 0 Å². The van der Waals surface area contributed by atoms with Crippen LogP contribution < -0.4 is 5.32 Å². The van der Waals surface area contributed by atoms with Gasteiger partial charge in [-0.2, -0.15) is 0 Å². The molecule has 0 unspecified atom stereocenters. The van der Waals surface area contributed by atoms with Crippen molar-refractivity contribution in [1.82, 2.24) is 15.3 Å². The maximum atomic E-state index is 12.0. The first kappa shape index (κ1) is 12.6. The topological polar surface area (TPSA) is 78.0 Å². The summed E-state index contributed by atoms with van der Waals surface area (Å²) >= 11 is 0. The minimum atomic E-state index is -0.165. The normalized spacial score (nSPS) is 11.1. The van der Waals surface area contributed by atoms with E-state index in [2.05, 4.69) is 15.3 Å². The summed E-state index contributed by atoms with van der Waals surface area (Å²) in [5.41, 5.74) is 1.89. The molecule has 2 rings (SSSR count). The van der Waals surface area contributed by atoms with Gasteiger partial charge in [-0.25, -0.2) is 4.98 Å². The Morgan fingerprint density at radius 1 is 1.50 bits per heavy atom. The Morgan fingerprint density at radius 2 is 2.28 bits per heavy atom. The summed E-state index contributed by atoms with van der Waals surface area (Å²) in [4.78, 5) is 19.2. The molecule has 0 aliphatic carbocycles. The van der Waals surface area contributed by atoms with Crippen LogP contribution in [-0.4, -0.2) is 27.5 Å². The van der Waals surface area contributed by atoms with Crippen molar-refractivity contribution in [3.05, 3.63) is 29.6 Å². The maximum Gasteiger partial charge on any atom is 0.253 e. The second-order valence-corrected chi connectivity index (χ2v) is 4.65. The van der Waals surface area contributed by atoms with Gasteiger partial charge in [0.1, 0.15) is 17.9 Å². The number of amides is 1. The molecule has 0 aliphatic heterocycles. The zero-order valence-electron chi connectivity index (χ0n) is 10.5. The largest absolute Gasteiger partial charge is 0.388 e. The summed E-state index contributed by atoms with van der Waals surface area (Å²) in [5, 5.41) is 11.9. The van der Waals surface area contributed by atoms with E-state index in [4.69, 9.17) is 5.11 Å². The Hall–Kier alpha value is -1.88. The van der Waals surface area contributed by atoms with E-state index in [0.29, 0.717) is 29.4 Å². The third kappa shape index (κ3) is 2.51. The van der Waals surface area contributed by atoms with E-state index < -0.39 is 0 Å². The SMILES string of the molecule is CC(C)CNC(=O)c1cccc2[nH]c(CO)nc12. The molecule has 5 heteroatoms. The van der Waals surface area contributed by atoms with Gasteiger partial charge in [-0.15, -0.1) is 0 Å². The minimum Gasteiger partial charge on any atom is -0.388 e. The van der Waals surface area contributed by atoms with Crippen LogP contribution in [0, 0.1) is 5.92 Å². The number of hydrogen-bond acceptors (Lipinski definition) is 3. The number of benzene rings is 1. The van der Waals surface area contributed by atoms with Crippen LogP contribution in [0.2, 0.25) is 0 Å². The molecule has 3 N–H and O–H groups in total. The number of nitrogens with zero attached hydrogens (tertiary/aromatic N) is 1. The lowest BCUT2D eigenvalue weighted by Gasteiger charge is -2.07. The second-order valence-electron chi connectivity index (χ2n) is 4.65. The van der Waals surface area contributed by atoms with Crippen molar-refractivity contribution in [2.24, 2.45) is 5.92 Å². The quantitative estimate of drug-likeness (QED) is 0.765. The Labute approximate surface area is 105 Å². The van der Waals surface area contributed by atoms with E-state index in [0.717, 1.165) is 5.52 Å². The lowest BCUT2D eigenvalue weighted by molar-refractivity contribution is 0.0950. The molecule has 0 bridgehead atoms. The number of carbonyl (C=O) groups is 1. The molecule has 0 radical (unpaired) electrons. The van der Waals surface area contributed by atoms with Crippen LogP contribution in [0.3, 0.4) is 0 Å². The zero-order chi connectivity index (χ0) is 13.1. The first-order chi connectivity index (χ1) is 8.61. The van der Waals surface area contributed by atoms with Gasteiger partial charge in [-0.1, -0.05) is 19.9 Å². The van der Waals surface area contributed by atoms with Crippen molar-refractivity contribution in [3.63, 3.8) is 0 Å². The number of para-hydroxylation sites is 1. The smallest absolute Gasteiger partial charge is 0.253 e. The Bertz CT molecular complexity index is 560. The second kappa shape index (κ2) is 5.18. The molecule has 96 valence electrons. The van der Waals surface area contributed by atoms with E-state index in [-0.39, 0.29) is 12.5 Å². The van der Waals surface area contributed by atoms with Gasteiger partial charge in [0, 0.05) is 6.54 Å². The number of fused-ring (bicyclic) bond motifs is 1. The molecule has 18 heavy (non-hydrogen) atoms. The molecular formula is C13H17N3O2. The fraction of sp³-hybridized carbons (Fsp3) is 0.385. The average Bonchev–Trinajstić information content (AvgIpc) is 2.78. The Morgan fingerprint density at radius 3 is 2.94 bits per heavy atom. The van der Waals surface area contributed by atoms with Gasteiger partial charge in [0.15, 0.2) is 0 Å². The average molecular weight is 247 g/mol. The van der Waals surface area contributed by atoms with Crippen molar-refractivity contribution < 1.29 is 9.90 Å². The Balaban J connectivity index is 2.32. The molecule has 0 fully saturated rings. The number of rotatable bonds is 4. The van der Waals surface area contributed by atoms with Crippen LogP contribution in [-0.2, 0) is 6.61 Å². The van der Waals surface area contributed by atoms with Crippen LogP contribution in [0.15, 0.2) is 18.2 Å². The zero-order valence-corrected chi connectivity index (χ0v) is 10.5. The molecule has 0 spiro atoms. The molecule has 0 saturated carbocycles. The fourth-order valence-electron chi connectivity index (χ4n) is 1.73. The molecule has 2 aromatic rings. The standard InChI is InChI=1S/C13H17N3O2/c1-8(2)6-14-13(18)9-4-3-5-10-12(9)16-11(7-17)15-10/h3-5,8,17H,6-7H2,1-2H3,(H,14,18)(H,15,16). The summed E-state index contributed by atoms with van der Waals surface area (Å²) < 4.78 is 0. The van der Waals surface area contributed by atoms with E-state index in [1.807, 2.05) is 19.9 Å². The number of aliphatic hydroxyl groups excluding tert-OH is 1. The van der Waals surface area contributed by atoms with Gasteiger partial charge in [-0.05, 0) is 18.1 Å². The lowest BCUT2D eigenvalue weighted by atomic mass is 10.1. The van der Waals surface area contributed by atoms with Gasteiger partial charge in [0.25, 0.3) is 5.91 Å². The molecular weight excluding hydrogens is 230 g/mol. The van der Waals surface area contributed by atoms with Crippen molar-refractivity contribution in [2.75, 3.05) is 6.54 Å². The third-order valence-corrected chi connectivity index (χ3v) is 2.63. The highest BCUT2D eigenvalue weighted by molar-refractivity contribution is 6.04. The lowest BCUT2D eigenvalue weighted by Crippen LogP contribution is -2.27. The third-order valence-electron chi connectivity index (χ3n) is 2.63. The van der Waals surface area contributed by atoms with Gasteiger partial charge >= 0.3 is 0 Å². The van der Waals surface area contributed by atoms with E-state index >= 15 is 0 Å². The summed E-state index contributed by atoms with van der Waals surface area (Å²) in [6.45, 7) is 4.55. The highest BCUT2D eigenvalue weighted by Crippen LogP contribution is 2.16. The summed E-state index contributed by atoms with van der Waals surface area (Å²) in [6, 6.07) is 5.37. The Kier molecular flexibility index (Phi) is 3.62. The molecule has 0 aliphatic rings. The number of aliphatic hydroxyl groups is 1. The number of aromatic amines is 1. The number of H-pyrrole nitrogens is 1. The fourth-order valence-corrected chi connectivity index (χ4v) is 1.73. The number of hydrogen-bond donors (Lipinski definition) is 3. The van der Waals surface area contributed by atoms with Gasteiger partial charge in [-0.3, -0.25) is 4.79 Å². The highest BCUT2D eigenvalue weighted by Gasteiger charge is 2.13. The monoisotopic (exact) mass is 247 g/mol. The maximum absolute atomic E-state index is 12.0. The van der Waals surface area contributed by atoms with E-state index in [9.17, 15) is 4.79 Å². The molecule has 0 saturated heterocycles. The molecule has 1 aromatic heterocycles. The first-order valence-electron chi connectivity index (χ1n) is 5.98. The molecule has 5 nitrogen and oxygen atoms in total. The minimum absolute atomic E-state index is 0.134. The van der Waals surface area contributed by atoms with Crippen molar-refractivity contribution in [2.45, 2.75) is 20.5 Å². The summed E-state index contributed by atoms with van der Waals surface area (Å²) in [7, 11) is 0. The highest BCUT2D eigenvalue weighted by atomic mass is 16.3. The van der Waals surface area contributed by atoms with Gasteiger partial charge in [0.05, 0.1) is 11.1 Å². The number of imidazole rings is 1. The summed E-state index contributed by atoms with van der Waals surface area (Å²) in [5.74, 6) is 0.736. The van der Waals surface area contributed by atoms with Crippen LogP contribution >= 0.6 is 0 Å². The number of aromatic nitrogens is 2. The van der Waals surface area contributed by atoms with Crippen molar-refractivity contribution in [1.29, 1.82) is 0 Å². The molecule has 1 amide bonds. The first-order valence-corrected chi connectivity index (χ1v) is 5.98. The van der Waals surface area contributed by atoms with Crippen molar-refractivity contribution in [3.8, 4) is 0 Å². The molecule has 1 heterocycles. The number of nitrogens with one attached hydrogen (secondary N) is 2. The van der Waals surface area contributed by atoms with Crippen molar-refractivity contribution >= 4 is 16.9 Å². The van der Waals surface area contributed by atoms with Crippen LogP contribution in [0.5, 0.6) is 0 Å². The number of carbonyl (C=O) groups excluding carboxylic acids is 1. The molecule has 1 aromatic carbocycles. The van der Waals surface area contributed by atoms with E-state index in [1.54, 1.807) is 12.1 Å². The predicted molar refractivity (Wildman–Crippen MR) is 69.2 cm³/mol. The van der Waals surface area contributed by atoms with Gasteiger partial charge in [0.2, 0.25) is 0 Å². The van der Waals surface area contributed by atoms with E-state index in [1.165, 1.54) is 0 Å². The van der Waals surface area contributed by atoms with Gasteiger partial charge < -0.3 is 15.4 Å². The molecule has 0 atom stereocenters. The summed E-state index contributed by atoms with van der Waals surface area (Å²) in [6.07, 6.45) is 0.